The van der Waals surface area contributed by atoms with Crippen LogP contribution in [0.15, 0.2) is 0 Å². The zero-order chi connectivity index (χ0) is 13.3. The molecule has 0 aromatic carbocycles. The quantitative estimate of drug-likeness (QED) is 0.527. The molecule has 5 heteroatoms. The molecule has 4 N–H and O–H groups in total. The van der Waals surface area contributed by atoms with E-state index in [-0.39, 0.29) is 17.7 Å². The van der Waals surface area contributed by atoms with Crippen LogP contribution < -0.4 is 11.1 Å². The summed E-state index contributed by atoms with van der Waals surface area (Å²) in [6.07, 6.45) is 2.94. The molecule has 0 bridgehead atoms. The van der Waals surface area contributed by atoms with Crippen LogP contribution in [-0.4, -0.2) is 30.1 Å². The van der Waals surface area contributed by atoms with Gasteiger partial charge in [-0.15, -0.1) is 0 Å². The highest BCUT2D eigenvalue weighted by Gasteiger charge is 2.13. The second-order valence-electron chi connectivity index (χ2n) is 4.50. The minimum absolute atomic E-state index is 0.0181. The number of carbonyl (C=O) groups excluding carboxylic acids is 1. The van der Waals surface area contributed by atoms with E-state index in [1.54, 1.807) is 6.92 Å². The fourth-order valence-corrected chi connectivity index (χ4v) is 1.47. The standard InChI is InChI=1S/C12H24N2O3/c1-9(5-3-7-13)11(15)14-8-4-6-10(2)12(16)17/h9-10H,3-8,13H2,1-2H3,(H,14,15)(H,16,17). The van der Waals surface area contributed by atoms with Gasteiger partial charge in [0.25, 0.3) is 0 Å². The van der Waals surface area contributed by atoms with Gasteiger partial charge in [-0.3, -0.25) is 9.59 Å². The van der Waals surface area contributed by atoms with Crippen molar-refractivity contribution in [2.45, 2.75) is 39.5 Å². The van der Waals surface area contributed by atoms with E-state index in [1.165, 1.54) is 0 Å². The lowest BCUT2D eigenvalue weighted by Crippen LogP contribution is -2.30. The summed E-state index contributed by atoms with van der Waals surface area (Å²) in [5, 5.41) is 11.5. The smallest absolute Gasteiger partial charge is 0.306 e. The molecule has 0 aliphatic rings. The predicted octanol–water partition coefficient (Wildman–Crippen LogP) is 0.979. The van der Waals surface area contributed by atoms with Crippen LogP contribution >= 0.6 is 0 Å². The lowest BCUT2D eigenvalue weighted by molar-refractivity contribution is -0.141. The normalized spacial score (nSPS) is 14.1. The summed E-state index contributed by atoms with van der Waals surface area (Å²) in [5.74, 6) is -1.12. The highest BCUT2D eigenvalue weighted by atomic mass is 16.4. The Bertz CT molecular complexity index is 244. The number of hydrogen-bond acceptors (Lipinski definition) is 3. The van der Waals surface area contributed by atoms with Gasteiger partial charge in [0.05, 0.1) is 5.92 Å². The molecule has 0 heterocycles. The van der Waals surface area contributed by atoms with Crippen molar-refractivity contribution in [3.63, 3.8) is 0 Å². The van der Waals surface area contributed by atoms with Crippen LogP contribution in [-0.2, 0) is 9.59 Å². The van der Waals surface area contributed by atoms with Crippen LogP contribution in [0.4, 0.5) is 0 Å². The second-order valence-corrected chi connectivity index (χ2v) is 4.50. The number of carbonyl (C=O) groups is 2. The molecule has 100 valence electrons. The molecule has 17 heavy (non-hydrogen) atoms. The van der Waals surface area contributed by atoms with Gasteiger partial charge in [-0.2, -0.15) is 0 Å². The largest absolute Gasteiger partial charge is 0.481 e. The molecule has 0 spiro atoms. The number of amides is 1. The Morgan fingerprint density at radius 2 is 1.76 bits per heavy atom. The third kappa shape index (κ3) is 7.74. The monoisotopic (exact) mass is 244 g/mol. The lowest BCUT2D eigenvalue weighted by Gasteiger charge is -2.12. The second kappa shape index (κ2) is 8.98. The minimum atomic E-state index is -0.785. The fraction of sp³-hybridized carbons (Fsp3) is 0.833. The zero-order valence-electron chi connectivity index (χ0n) is 10.7. The molecule has 0 aromatic heterocycles. The van der Waals surface area contributed by atoms with E-state index in [1.807, 2.05) is 6.92 Å². The molecule has 2 unspecified atom stereocenters. The van der Waals surface area contributed by atoms with E-state index >= 15 is 0 Å². The van der Waals surface area contributed by atoms with Crippen molar-refractivity contribution in [2.75, 3.05) is 13.1 Å². The molecular weight excluding hydrogens is 220 g/mol. The van der Waals surface area contributed by atoms with Crippen LogP contribution in [0.5, 0.6) is 0 Å². The number of hydrogen-bond donors (Lipinski definition) is 3. The predicted molar refractivity (Wildman–Crippen MR) is 66.5 cm³/mol. The van der Waals surface area contributed by atoms with Crippen LogP contribution in [0, 0.1) is 11.8 Å². The summed E-state index contributed by atoms with van der Waals surface area (Å²) in [6.45, 7) is 4.70. The van der Waals surface area contributed by atoms with Crippen LogP contribution in [0.3, 0.4) is 0 Å². The van der Waals surface area contributed by atoms with Gasteiger partial charge in [0.2, 0.25) is 5.91 Å². The highest BCUT2D eigenvalue weighted by molar-refractivity contribution is 5.78. The summed E-state index contributed by atoms with van der Waals surface area (Å²) < 4.78 is 0. The van der Waals surface area contributed by atoms with Gasteiger partial charge in [0, 0.05) is 12.5 Å². The SMILES string of the molecule is CC(CCCNC(=O)C(C)CCCN)C(=O)O. The van der Waals surface area contributed by atoms with E-state index in [0.29, 0.717) is 25.9 Å². The average molecular weight is 244 g/mol. The minimum Gasteiger partial charge on any atom is -0.481 e. The Kier molecular flexibility index (Phi) is 8.40. The van der Waals surface area contributed by atoms with E-state index in [2.05, 4.69) is 5.32 Å². The Morgan fingerprint density at radius 1 is 1.18 bits per heavy atom. The molecule has 0 aliphatic heterocycles. The molecule has 5 nitrogen and oxygen atoms in total. The van der Waals surface area contributed by atoms with Crippen molar-refractivity contribution in [1.82, 2.24) is 5.32 Å². The number of carboxylic acids is 1. The van der Waals surface area contributed by atoms with E-state index in [4.69, 9.17) is 10.8 Å². The Balaban J connectivity index is 3.60. The first-order chi connectivity index (χ1) is 7.99. The number of carboxylic acid groups (broad SMARTS) is 1. The summed E-state index contributed by atoms with van der Waals surface area (Å²) in [4.78, 5) is 22.1. The topological polar surface area (TPSA) is 92.4 Å². The molecule has 2 atom stereocenters. The molecule has 1 amide bonds. The Hall–Kier alpha value is -1.10. The third-order valence-electron chi connectivity index (χ3n) is 2.82. The number of rotatable bonds is 9. The summed E-state index contributed by atoms with van der Waals surface area (Å²) >= 11 is 0. The van der Waals surface area contributed by atoms with Gasteiger partial charge in [0.1, 0.15) is 0 Å². The fourth-order valence-electron chi connectivity index (χ4n) is 1.47. The van der Waals surface area contributed by atoms with Gasteiger partial charge < -0.3 is 16.2 Å². The third-order valence-corrected chi connectivity index (χ3v) is 2.82. The maximum atomic E-state index is 11.6. The zero-order valence-corrected chi connectivity index (χ0v) is 10.7. The number of nitrogens with two attached hydrogens (primary N) is 1. The maximum absolute atomic E-state index is 11.6. The van der Waals surface area contributed by atoms with Gasteiger partial charge in [-0.05, 0) is 32.2 Å². The number of nitrogens with one attached hydrogen (secondary N) is 1. The molecule has 0 saturated carbocycles. The molecule has 0 fully saturated rings. The molecule has 0 rings (SSSR count). The molecule has 0 aliphatic carbocycles. The van der Waals surface area contributed by atoms with Gasteiger partial charge >= 0.3 is 5.97 Å². The van der Waals surface area contributed by atoms with Crippen molar-refractivity contribution in [3.05, 3.63) is 0 Å². The average Bonchev–Trinajstić information content (AvgIpc) is 2.30. The highest BCUT2D eigenvalue weighted by Crippen LogP contribution is 2.06. The van der Waals surface area contributed by atoms with E-state index < -0.39 is 5.97 Å². The molecule has 0 radical (unpaired) electrons. The first kappa shape index (κ1) is 15.9. The number of aliphatic carboxylic acids is 1. The van der Waals surface area contributed by atoms with Crippen LogP contribution in [0.1, 0.15) is 39.5 Å². The van der Waals surface area contributed by atoms with E-state index in [9.17, 15) is 9.59 Å². The summed E-state index contributed by atoms with van der Waals surface area (Å²) in [5.41, 5.74) is 5.37. The van der Waals surface area contributed by atoms with Gasteiger partial charge in [-0.25, -0.2) is 0 Å². The Labute approximate surface area is 103 Å². The molecule has 0 saturated heterocycles. The van der Waals surface area contributed by atoms with Crippen molar-refractivity contribution in [1.29, 1.82) is 0 Å². The van der Waals surface area contributed by atoms with Crippen molar-refractivity contribution in [2.24, 2.45) is 17.6 Å². The van der Waals surface area contributed by atoms with E-state index in [0.717, 1.165) is 12.8 Å². The summed E-state index contributed by atoms with van der Waals surface area (Å²) in [6, 6.07) is 0. The lowest BCUT2D eigenvalue weighted by atomic mass is 10.0. The molecular formula is C12H24N2O3. The first-order valence-corrected chi connectivity index (χ1v) is 6.19. The first-order valence-electron chi connectivity index (χ1n) is 6.19. The van der Waals surface area contributed by atoms with Crippen LogP contribution in [0.2, 0.25) is 0 Å². The Morgan fingerprint density at radius 3 is 2.29 bits per heavy atom. The van der Waals surface area contributed by atoms with Gasteiger partial charge in [0.15, 0.2) is 0 Å². The summed E-state index contributed by atoms with van der Waals surface area (Å²) in [7, 11) is 0. The van der Waals surface area contributed by atoms with Gasteiger partial charge in [-0.1, -0.05) is 13.8 Å². The van der Waals surface area contributed by atoms with Crippen LogP contribution in [0.25, 0.3) is 0 Å². The van der Waals surface area contributed by atoms with Crippen molar-refractivity contribution < 1.29 is 14.7 Å². The van der Waals surface area contributed by atoms with Crippen molar-refractivity contribution >= 4 is 11.9 Å². The maximum Gasteiger partial charge on any atom is 0.306 e. The molecule has 0 aromatic rings. The van der Waals surface area contributed by atoms with Crippen molar-refractivity contribution in [3.8, 4) is 0 Å².